The minimum atomic E-state index is -3.58. The summed E-state index contributed by atoms with van der Waals surface area (Å²) in [5, 5.41) is 3.03. The first-order chi connectivity index (χ1) is 12.9. The van der Waals surface area contributed by atoms with Crippen LogP contribution in [0, 0.1) is 0 Å². The summed E-state index contributed by atoms with van der Waals surface area (Å²) in [4.78, 5) is 13.6. The smallest absolute Gasteiger partial charge is 0.241 e. The number of rotatable bonds is 6. The molecule has 0 unspecified atom stereocenters. The first kappa shape index (κ1) is 19.8. The summed E-state index contributed by atoms with van der Waals surface area (Å²) in [6.45, 7) is -0.227. The molecule has 0 saturated carbocycles. The quantitative estimate of drug-likeness (QED) is 0.750. The lowest BCUT2D eigenvalue weighted by atomic mass is 9.88. The van der Waals surface area contributed by atoms with E-state index in [1.807, 2.05) is 30.5 Å². The molecule has 1 atom stereocenters. The molecule has 0 spiro atoms. The van der Waals surface area contributed by atoms with E-state index in [2.05, 4.69) is 11.4 Å². The van der Waals surface area contributed by atoms with Gasteiger partial charge in [0.25, 0.3) is 0 Å². The first-order valence-corrected chi connectivity index (χ1v) is 11.9. The van der Waals surface area contributed by atoms with Gasteiger partial charge in [0, 0.05) is 4.90 Å². The molecule has 2 aromatic carbocycles. The van der Waals surface area contributed by atoms with Crippen LogP contribution >= 0.6 is 11.8 Å². The Labute approximate surface area is 165 Å². The summed E-state index contributed by atoms with van der Waals surface area (Å²) in [6, 6.07) is 15.2. The van der Waals surface area contributed by atoms with Crippen molar-refractivity contribution in [3.63, 3.8) is 0 Å². The molecule has 0 aromatic heterocycles. The molecule has 0 heterocycles. The highest BCUT2D eigenvalue weighted by atomic mass is 32.2. The Morgan fingerprint density at radius 3 is 2.74 bits per heavy atom. The third-order valence-electron chi connectivity index (χ3n) is 4.73. The summed E-state index contributed by atoms with van der Waals surface area (Å²) >= 11 is 1.53. The zero-order chi connectivity index (χ0) is 19.4. The van der Waals surface area contributed by atoms with E-state index in [0.717, 1.165) is 40.3 Å². The second-order valence-electron chi connectivity index (χ2n) is 6.68. The van der Waals surface area contributed by atoms with Crippen molar-refractivity contribution in [1.29, 1.82) is 0 Å². The minimum absolute atomic E-state index is 0.0682. The fourth-order valence-electron chi connectivity index (χ4n) is 3.44. The van der Waals surface area contributed by atoms with Crippen LogP contribution < -0.4 is 9.62 Å². The highest BCUT2D eigenvalue weighted by Gasteiger charge is 2.25. The maximum Gasteiger partial charge on any atom is 0.241 e. The number of carbonyl (C=O) groups is 1. The molecule has 0 aliphatic heterocycles. The van der Waals surface area contributed by atoms with E-state index in [1.54, 1.807) is 18.2 Å². The largest absolute Gasteiger partial charge is 0.348 e. The van der Waals surface area contributed by atoms with E-state index in [0.29, 0.717) is 5.69 Å². The van der Waals surface area contributed by atoms with Crippen molar-refractivity contribution in [3.05, 3.63) is 59.7 Å². The van der Waals surface area contributed by atoms with Gasteiger partial charge in [0.2, 0.25) is 15.9 Å². The van der Waals surface area contributed by atoms with Crippen molar-refractivity contribution in [2.75, 3.05) is 23.4 Å². The van der Waals surface area contributed by atoms with Gasteiger partial charge in [-0.05, 0) is 54.8 Å². The predicted octanol–water partition coefficient (Wildman–Crippen LogP) is 3.37. The highest BCUT2D eigenvalue weighted by molar-refractivity contribution is 7.98. The van der Waals surface area contributed by atoms with Crippen LogP contribution in [0.3, 0.4) is 0 Å². The van der Waals surface area contributed by atoms with Gasteiger partial charge in [0.1, 0.15) is 6.54 Å². The maximum atomic E-state index is 12.7. The van der Waals surface area contributed by atoms with Gasteiger partial charge in [-0.25, -0.2) is 8.42 Å². The standard InChI is InChI=1S/C20H24N2O3S2/c1-26-17-10-6-9-16(13-17)22(27(2,24)25)14-20(23)21-19-12-5-8-15-7-3-4-11-18(15)19/h3-4,6-7,9-11,13,19H,5,8,12,14H2,1-2H3,(H,21,23)/t19-/m0/s1. The van der Waals surface area contributed by atoms with Crippen LogP contribution in [0.4, 0.5) is 5.69 Å². The minimum Gasteiger partial charge on any atom is -0.348 e. The van der Waals surface area contributed by atoms with Crippen LogP contribution in [-0.4, -0.2) is 33.4 Å². The Morgan fingerprint density at radius 1 is 1.22 bits per heavy atom. The van der Waals surface area contributed by atoms with Crippen LogP contribution in [-0.2, 0) is 21.2 Å². The number of nitrogens with zero attached hydrogens (tertiary/aromatic N) is 1. The van der Waals surface area contributed by atoms with E-state index >= 15 is 0 Å². The van der Waals surface area contributed by atoms with Crippen molar-refractivity contribution in [2.24, 2.45) is 0 Å². The molecule has 3 rings (SSSR count). The number of nitrogens with one attached hydrogen (secondary N) is 1. The fraction of sp³-hybridized carbons (Fsp3) is 0.350. The van der Waals surface area contributed by atoms with E-state index in [4.69, 9.17) is 0 Å². The van der Waals surface area contributed by atoms with Crippen LogP contribution in [0.2, 0.25) is 0 Å². The maximum absolute atomic E-state index is 12.7. The molecule has 1 amide bonds. The summed E-state index contributed by atoms with van der Waals surface area (Å²) in [7, 11) is -3.58. The number of amides is 1. The lowest BCUT2D eigenvalue weighted by Gasteiger charge is -2.28. The average Bonchev–Trinajstić information content (AvgIpc) is 2.65. The molecular formula is C20H24N2O3S2. The van der Waals surface area contributed by atoms with E-state index < -0.39 is 10.0 Å². The van der Waals surface area contributed by atoms with Crippen LogP contribution in [0.5, 0.6) is 0 Å². The monoisotopic (exact) mass is 404 g/mol. The molecule has 1 N–H and O–H groups in total. The number of thioether (sulfide) groups is 1. The number of sulfonamides is 1. The van der Waals surface area contributed by atoms with Gasteiger partial charge < -0.3 is 5.32 Å². The second kappa shape index (κ2) is 8.35. The molecule has 0 radical (unpaired) electrons. The molecule has 144 valence electrons. The van der Waals surface area contributed by atoms with Crippen LogP contribution in [0.15, 0.2) is 53.4 Å². The molecule has 2 aromatic rings. The van der Waals surface area contributed by atoms with Gasteiger partial charge in [-0.15, -0.1) is 11.8 Å². The summed E-state index contributed by atoms with van der Waals surface area (Å²) in [6.07, 6.45) is 5.94. The number of anilines is 1. The summed E-state index contributed by atoms with van der Waals surface area (Å²) in [5.74, 6) is -0.295. The van der Waals surface area contributed by atoms with Crippen molar-refractivity contribution in [3.8, 4) is 0 Å². The van der Waals surface area contributed by atoms with Crippen molar-refractivity contribution in [1.82, 2.24) is 5.32 Å². The second-order valence-corrected chi connectivity index (χ2v) is 9.47. The SMILES string of the molecule is CSc1cccc(N(CC(=O)N[C@H]2CCCc3ccccc32)S(C)(=O)=O)c1. The van der Waals surface area contributed by atoms with Crippen LogP contribution in [0.1, 0.15) is 30.0 Å². The van der Waals surface area contributed by atoms with Crippen molar-refractivity contribution >= 4 is 33.4 Å². The molecule has 7 heteroatoms. The number of benzene rings is 2. The third kappa shape index (κ3) is 4.84. The number of fused-ring (bicyclic) bond motifs is 1. The Bertz CT molecular complexity index is 928. The normalized spacial score (nSPS) is 16.4. The lowest BCUT2D eigenvalue weighted by molar-refractivity contribution is -0.120. The predicted molar refractivity (Wildman–Crippen MR) is 111 cm³/mol. The molecule has 0 saturated heterocycles. The molecular weight excluding hydrogens is 380 g/mol. The Balaban J connectivity index is 1.78. The highest BCUT2D eigenvalue weighted by Crippen LogP contribution is 2.29. The molecule has 0 bridgehead atoms. The van der Waals surface area contributed by atoms with E-state index in [9.17, 15) is 13.2 Å². The Kier molecular flexibility index (Phi) is 6.11. The summed E-state index contributed by atoms with van der Waals surface area (Å²) in [5.41, 5.74) is 2.89. The van der Waals surface area contributed by atoms with Crippen molar-refractivity contribution in [2.45, 2.75) is 30.2 Å². The number of hydrogen-bond acceptors (Lipinski definition) is 4. The molecule has 27 heavy (non-hydrogen) atoms. The van der Waals surface area contributed by atoms with Gasteiger partial charge in [-0.1, -0.05) is 30.3 Å². The van der Waals surface area contributed by atoms with Gasteiger partial charge in [0.15, 0.2) is 0 Å². The lowest BCUT2D eigenvalue weighted by Crippen LogP contribution is -2.42. The topological polar surface area (TPSA) is 66.5 Å². The number of hydrogen-bond donors (Lipinski definition) is 1. The third-order valence-corrected chi connectivity index (χ3v) is 6.60. The van der Waals surface area contributed by atoms with Gasteiger partial charge in [0.05, 0.1) is 18.0 Å². The number of carbonyl (C=O) groups excluding carboxylic acids is 1. The van der Waals surface area contributed by atoms with Gasteiger partial charge in [-0.2, -0.15) is 0 Å². The zero-order valence-electron chi connectivity index (χ0n) is 15.5. The van der Waals surface area contributed by atoms with Gasteiger partial charge >= 0.3 is 0 Å². The van der Waals surface area contributed by atoms with E-state index in [1.165, 1.54) is 17.3 Å². The molecule has 0 fully saturated rings. The Hall–Kier alpha value is -1.99. The van der Waals surface area contributed by atoms with Crippen molar-refractivity contribution < 1.29 is 13.2 Å². The Morgan fingerprint density at radius 2 is 2.00 bits per heavy atom. The summed E-state index contributed by atoms with van der Waals surface area (Å²) < 4.78 is 25.8. The molecule has 1 aliphatic rings. The first-order valence-electron chi connectivity index (χ1n) is 8.87. The van der Waals surface area contributed by atoms with E-state index in [-0.39, 0.29) is 18.5 Å². The molecule has 5 nitrogen and oxygen atoms in total. The van der Waals surface area contributed by atoms with Gasteiger partial charge in [-0.3, -0.25) is 9.10 Å². The number of aryl methyl sites for hydroxylation is 1. The molecule has 1 aliphatic carbocycles. The zero-order valence-corrected chi connectivity index (χ0v) is 17.1. The average molecular weight is 405 g/mol. The fourth-order valence-corrected chi connectivity index (χ4v) is 4.74. The van der Waals surface area contributed by atoms with Crippen LogP contribution in [0.25, 0.3) is 0 Å².